The Morgan fingerprint density at radius 3 is 2.22 bits per heavy atom. The van der Waals surface area contributed by atoms with Crippen molar-refractivity contribution in [3.63, 3.8) is 0 Å². The molecule has 1 N–H and O–H groups in total. The zero-order valence-electron chi connectivity index (χ0n) is 5.12. The molecule has 0 aromatic heterocycles. The highest BCUT2D eigenvalue weighted by Gasteiger charge is 2.67. The van der Waals surface area contributed by atoms with Crippen LogP contribution < -0.4 is 0 Å². The van der Waals surface area contributed by atoms with Gasteiger partial charge in [-0.3, -0.25) is 0 Å². The fraction of sp³-hybridized carbons (Fsp3) is 0.857. The predicted octanol–water partition coefficient (Wildman–Crippen LogP) is 1.10. The molecule has 2 unspecified atom stereocenters. The van der Waals surface area contributed by atoms with Gasteiger partial charge in [-0.25, -0.2) is 0 Å². The van der Waals surface area contributed by atoms with Crippen molar-refractivity contribution < 1.29 is 5.21 Å². The van der Waals surface area contributed by atoms with Gasteiger partial charge in [0.1, 0.15) is 0 Å². The Morgan fingerprint density at radius 1 is 1.33 bits per heavy atom. The Hall–Kier alpha value is -0.530. The number of oxime groups is 1. The number of rotatable bonds is 0. The van der Waals surface area contributed by atoms with E-state index in [9.17, 15) is 0 Å². The van der Waals surface area contributed by atoms with Crippen molar-refractivity contribution in [2.45, 2.75) is 12.8 Å². The van der Waals surface area contributed by atoms with Gasteiger partial charge in [0.2, 0.25) is 0 Å². The topological polar surface area (TPSA) is 32.6 Å². The van der Waals surface area contributed by atoms with Crippen molar-refractivity contribution in [1.29, 1.82) is 0 Å². The third-order valence-corrected chi connectivity index (χ3v) is 3.32. The van der Waals surface area contributed by atoms with E-state index in [0.29, 0.717) is 5.92 Å². The van der Waals surface area contributed by atoms with Crippen LogP contribution >= 0.6 is 0 Å². The molecule has 0 spiro atoms. The van der Waals surface area contributed by atoms with E-state index in [-0.39, 0.29) is 0 Å². The second-order valence-corrected chi connectivity index (χ2v) is 3.55. The summed E-state index contributed by atoms with van der Waals surface area (Å²) >= 11 is 0. The van der Waals surface area contributed by atoms with E-state index in [1.807, 2.05) is 0 Å². The molecule has 4 aliphatic rings. The van der Waals surface area contributed by atoms with Crippen LogP contribution in [0.15, 0.2) is 5.16 Å². The minimum absolute atomic E-state index is 0.690. The summed E-state index contributed by atoms with van der Waals surface area (Å²) in [5.41, 5.74) is 1.13. The first-order chi connectivity index (χ1) is 4.42. The molecule has 4 aliphatic carbocycles. The monoisotopic (exact) mass is 123 g/mol. The van der Waals surface area contributed by atoms with Crippen LogP contribution in [0, 0.1) is 23.7 Å². The Kier molecular flexibility index (Phi) is 0.491. The molecule has 2 atom stereocenters. The first-order valence-electron chi connectivity index (χ1n) is 3.63. The van der Waals surface area contributed by atoms with E-state index >= 15 is 0 Å². The highest BCUT2D eigenvalue weighted by Crippen LogP contribution is 2.68. The zero-order valence-corrected chi connectivity index (χ0v) is 5.12. The normalized spacial score (nSPS) is 63.3. The predicted molar refractivity (Wildman–Crippen MR) is 32.4 cm³/mol. The lowest BCUT2D eigenvalue weighted by molar-refractivity contribution is 0.315. The second kappa shape index (κ2) is 1.02. The van der Waals surface area contributed by atoms with Crippen molar-refractivity contribution in [3.05, 3.63) is 0 Å². The highest BCUT2D eigenvalue weighted by atomic mass is 16.4. The molecule has 0 amide bonds. The van der Waals surface area contributed by atoms with Crippen LogP contribution in [0.5, 0.6) is 0 Å². The third-order valence-electron chi connectivity index (χ3n) is 3.32. The molecule has 4 saturated carbocycles. The van der Waals surface area contributed by atoms with Gasteiger partial charge in [0.25, 0.3) is 0 Å². The number of hydrogen-bond donors (Lipinski definition) is 1. The maximum Gasteiger partial charge on any atom is 0.0638 e. The van der Waals surface area contributed by atoms with Crippen LogP contribution in [0.25, 0.3) is 0 Å². The molecule has 9 heavy (non-hydrogen) atoms. The summed E-state index contributed by atoms with van der Waals surface area (Å²) in [6, 6.07) is 0. The average Bonchev–Trinajstić information content (AvgIpc) is 2.40. The summed E-state index contributed by atoms with van der Waals surface area (Å²) in [6.07, 6.45) is 2.66. The molecular weight excluding hydrogens is 114 g/mol. The second-order valence-electron chi connectivity index (χ2n) is 3.55. The van der Waals surface area contributed by atoms with Gasteiger partial charge in [-0.05, 0) is 24.7 Å². The van der Waals surface area contributed by atoms with Gasteiger partial charge in [-0.2, -0.15) is 0 Å². The molecule has 2 heteroatoms. The SMILES string of the molecule is O/N=C1/C2CC3C(C2)C13. The minimum atomic E-state index is 0.690. The summed E-state index contributed by atoms with van der Waals surface area (Å²) in [6.45, 7) is 0. The average molecular weight is 123 g/mol. The fourth-order valence-corrected chi connectivity index (χ4v) is 2.94. The van der Waals surface area contributed by atoms with Crippen LogP contribution in [-0.2, 0) is 0 Å². The van der Waals surface area contributed by atoms with Gasteiger partial charge in [0.05, 0.1) is 5.71 Å². The van der Waals surface area contributed by atoms with Gasteiger partial charge in [-0.1, -0.05) is 5.16 Å². The summed E-state index contributed by atoms with van der Waals surface area (Å²) in [7, 11) is 0. The van der Waals surface area contributed by atoms with Gasteiger partial charge < -0.3 is 5.21 Å². The van der Waals surface area contributed by atoms with Crippen molar-refractivity contribution >= 4 is 5.71 Å². The highest BCUT2D eigenvalue weighted by molar-refractivity contribution is 5.96. The van der Waals surface area contributed by atoms with Gasteiger partial charge in [0, 0.05) is 11.8 Å². The first kappa shape index (κ1) is 4.31. The molecule has 4 rings (SSSR count). The van der Waals surface area contributed by atoms with E-state index < -0.39 is 0 Å². The van der Waals surface area contributed by atoms with Crippen molar-refractivity contribution in [3.8, 4) is 0 Å². The Labute approximate surface area is 53.6 Å². The summed E-state index contributed by atoms with van der Waals surface area (Å²) in [5, 5.41) is 11.9. The maximum absolute atomic E-state index is 8.55. The molecular formula is C7H9NO. The van der Waals surface area contributed by atoms with Gasteiger partial charge in [0.15, 0.2) is 0 Å². The Morgan fingerprint density at radius 2 is 2.00 bits per heavy atom. The fourth-order valence-electron chi connectivity index (χ4n) is 2.94. The largest absolute Gasteiger partial charge is 0.411 e. The van der Waals surface area contributed by atoms with Crippen molar-refractivity contribution in [2.24, 2.45) is 28.8 Å². The lowest BCUT2D eigenvalue weighted by Gasteiger charge is -1.96. The third kappa shape index (κ3) is 0.296. The van der Waals surface area contributed by atoms with Crippen molar-refractivity contribution in [2.75, 3.05) is 0 Å². The standard InChI is InChI=1S/C7H9NO/c9-8-7-3-1-4-5(2-3)6(4)7/h3-6,9H,1-2H2/b8-7-. The molecule has 4 fully saturated rings. The van der Waals surface area contributed by atoms with E-state index in [1.54, 1.807) is 0 Å². The van der Waals surface area contributed by atoms with E-state index in [4.69, 9.17) is 5.21 Å². The molecule has 0 aromatic rings. The quantitative estimate of drug-likeness (QED) is 0.379. The molecule has 0 radical (unpaired) electrons. The van der Waals surface area contributed by atoms with Gasteiger partial charge in [-0.15, -0.1) is 0 Å². The smallest absolute Gasteiger partial charge is 0.0638 e. The molecule has 0 aromatic carbocycles. The van der Waals surface area contributed by atoms with Crippen molar-refractivity contribution in [1.82, 2.24) is 0 Å². The van der Waals surface area contributed by atoms with Gasteiger partial charge >= 0.3 is 0 Å². The van der Waals surface area contributed by atoms with E-state index in [1.165, 1.54) is 12.8 Å². The lowest BCUT2D eigenvalue weighted by Crippen LogP contribution is -2.01. The molecule has 0 saturated heterocycles. The number of hydrogen-bond acceptors (Lipinski definition) is 2. The van der Waals surface area contributed by atoms with Crippen LogP contribution in [0.2, 0.25) is 0 Å². The lowest BCUT2D eigenvalue weighted by atomic mass is 10.1. The van der Waals surface area contributed by atoms with Crippen LogP contribution in [0.3, 0.4) is 0 Å². The summed E-state index contributed by atoms with van der Waals surface area (Å²) < 4.78 is 0. The molecule has 48 valence electrons. The Bertz CT molecular complexity index is 183. The van der Waals surface area contributed by atoms with Crippen LogP contribution in [0.4, 0.5) is 0 Å². The zero-order chi connectivity index (χ0) is 6.01. The molecule has 4 bridgehead atoms. The minimum Gasteiger partial charge on any atom is -0.411 e. The van der Waals surface area contributed by atoms with Crippen LogP contribution in [-0.4, -0.2) is 10.9 Å². The number of nitrogens with zero attached hydrogens (tertiary/aromatic N) is 1. The molecule has 0 aliphatic heterocycles. The summed E-state index contributed by atoms with van der Waals surface area (Å²) in [4.78, 5) is 0. The molecule has 0 heterocycles. The van der Waals surface area contributed by atoms with E-state index in [0.717, 1.165) is 23.5 Å². The maximum atomic E-state index is 8.55. The van der Waals surface area contributed by atoms with E-state index in [2.05, 4.69) is 5.16 Å². The van der Waals surface area contributed by atoms with Crippen LogP contribution in [0.1, 0.15) is 12.8 Å². The molecule has 2 nitrogen and oxygen atoms in total. The Balaban J connectivity index is 2.12. The summed E-state index contributed by atoms with van der Waals surface area (Å²) in [5.74, 6) is 3.32. The first-order valence-corrected chi connectivity index (χ1v) is 3.63.